The van der Waals surface area contributed by atoms with Gasteiger partial charge in [0.2, 0.25) is 0 Å². The van der Waals surface area contributed by atoms with E-state index in [-0.39, 0.29) is 18.6 Å². The predicted molar refractivity (Wildman–Crippen MR) is 47.1 cm³/mol. The number of carbonyl (C=O) groups excluding carboxylic acids is 1. The molecule has 3 N–H and O–H groups in total. The molecule has 1 rings (SSSR count). The van der Waals surface area contributed by atoms with E-state index in [1.54, 1.807) is 12.2 Å². The molecule has 0 heterocycles. The number of allylic oxidation sites excluding steroid dienone is 3. The van der Waals surface area contributed by atoms with E-state index in [0.29, 0.717) is 0 Å². The molecular weight excluding hydrogens is 170 g/mol. The fourth-order valence-electron chi connectivity index (χ4n) is 1.14. The predicted octanol–water partition coefficient (Wildman–Crippen LogP) is 0.244. The Morgan fingerprint density at radius 2 is 2.38 bits per heavy atom. The van der Waals surface area contributed by atoms with Crippen LogP contribution in [-0.4, -0.2) is 22.9 Å². The van der Waals surface area contributed by atoms with Crippen LogP contribution in [0.4, 0.5) is 0 Å². The van der Waals surface area contributed by atoms with Crippen molar-refractivity contribution in [2.75, 3.05) is 0 Å². The third kappa shape index (κ3) is 2.83. The topological polar surface area (TPSA) is 80.4 Å². The Labute approximate surface area is 75.7 Å². The van der Waals surface area contributed by atoms with Crippen LogP contribution in [0.25, 0.3) is 0 Å². The lowest BCUT2D eigenvalue weighted by atomic mass is 9.98. The van der Waals surface area contributed by atoms with Crippen molar-refractivity contribution in [3.8, 4) is 0 Å². The second-order valence-corrected chi connectivity index (χ2v) is 2.98. The van der Waals surface area contributed by atoms with Crippen molar-refractivity contribution < 1.29 is 14.7 Å². The number of ketones is 1. The number of hydrogen-bond donors (Lipinski definition) is 2. The molecule has 4 nitrogen and oxygen atoms in total. The van der Waals surface area contributed by atoms with Gasteiger partial charge in [-0.15, -0.1) is 0 Å². The van der Waals surface area contributed by atoms with Crippen LogP contribution in [0.1, 0.15) is 12.8 Å². The summed E-state index contributed by atoms with van der Waals surface area (Å²) in [5, 5.41) is 8.52. The van der Waals surface area contributed by atoms with Gasteiger partial charge in [-0.2, -0.15) is 0 Å². The van der Waals surface area contributed by atoms with Crippen molar-refractivity contribution in [3.05, 3.63) is 23.8 Å². The molecule has 0 fully saturated rings. The maximum atomic E-state index is 10.9. The molecule has 13 heavy (non-hydrogen) atoms. The molecule has 0 radical (unpaired) electrons. The van der Waals surface area contributed by atoms with Crippen LogP contribution in [0.2, 0.25) is 0 Å². The summed E-state index contributed by atoms with van der Waals surface area (Å²) in [6.07, 6.45) is 5.36. The van der Waals surface area contributed by atoms with E-state index in [4.69, 9.17) is 10.8 Å². The van der Waals surface area contributed by atoms with E-state index < -0.39 is 12.0 Å². The summed E-state index contributed by atoms with van der Waals surface area (Å²) < 4.78 is 0. The third-order valence-electron chi connectivity index (χ3n) is 1.81. The van der Waals surface area contributed by atoms with Crippen molar-refractivity contribution in [2.45, 2.75) is 18.9 Å². The van der Waals surface area contributed by atoms with Gasteiger partial charge < -0.3 is 10.8 Å². The molecule has 0 bridgehead atoms. The first kappa shape index (κ1) is 9.67. The first-order valence-electron chi connectivity index (χ1n) is 3.97. The quantitative estimate of drug-likeness (QED) is 0.653. The van der Waals surface area contributed by atoms with Gasteiger partial charge >= 0.3 is 5.97 Å². The lowest BCUT2D eigenvalue weighted by molar-refractivity contribution is -0.138. The molecular formula is C9H11NO3. The summed E-state index contributed by atoms with van der Waals surface area (Å²) in [5.41, 5.74) is 6.10. The maximum Gasteiger partial charge on any atom is 0.320 e. The first-order chi connectivity index (χ1) is 6.09. The highest BCUT2D eigenvalue weighted by Crippen LogP contribution is 2.14. The molecule has 0 aliphatic heterocycles. The van der Waals surface area contributed by atoms with Gasteiger partial charge in [-0.1, -0.05) is 17.7 Å². The van der Waals surface area contributed by atoms with E-state index in [2.05, 4.69) is 0 Å². The molecule has 1 atom stereocenters. The number of carboxylic acid groups (broad SMARTS) is 1. The van der Waals surface area contributed by atoms with Crippen LogP contribution >= 0.6 is 0 Å². The van der Waals surface area contributed by atoms with Gasteiger partial charge in [0.1, 0.15) is 6.04 Å². The average molecular weight is 181 g/mol. The zero-order chi connectivity index (χ0) is 9.84. The largest absolute Gasteiger partial charge is 0.480 e. The van der Waals surface area contributed by atoms with E-state index in [1.165, 1.54) is 6.08 Å². The lowest BCUT2D eigenvalue weighted by Crippen LogP contribution is -2.30. The Balaban J connectivity index is 2.55. The summed E-state index contributed by atoms with van der Waals surface area (Å²) in [4.78, 5) is 21.3. The number of carboxylic acids is 1. The molecule has 0 aromatic carbocycles. The smallest absolute Gasteiger partial charge is 0.320 e. The van der Waals surface area contributed by atoms with Crippen LogP contribution in [0.15, 0.2) is 23.8 Å². The van der Waals surface area contributed by atoms with E-state index >= 15 is 0 Å². The first-order valence-corrected chi connectivity index (χ1v) is 3.97. The van der Waals surface area contributed by atoms with Gasteiger partial charge in [0.15, 0.2) is 5.78 Å². The van der Waals surface area contributed by atoms with Crippen molar-refractivity contribution in [2.24, 2.45) is 5.73 Å². The van der Waals surface area contributed by atoms with Crippen molar-refractivity contribution in [1.82, 2.24) is 0 Å². The minimum absolute atomic E-state index is 0.00455. The van der Waals surface area contributed by atoms with Gasteiger partial charge in [-0.25, -0.2) is 0 Å². The highest BCUT2D eigenvalue weighted by Gasteiger charge is 2.15. The molecule has 70 valence electrons. The fraction of sp³-hybridized carbons (Fsp3) is 0.333. The van der Waals surface area contributed by atoms with Gasteiger partial charge in [0, 0.05) is 6.42 Å². The summed E-state index contributed by atoms with van der Waals surface area (Å²) in [6.45, 7) is 0. The normalized spacial score (nSPS) is 18.2. The molecule has 1 aliphatic rings. The highest BCUT2D eigenvalue weighted by molar-refractivity contribution is 5.93. The summed E-state index contributed by atoms with van der Waals surface area (Å²) >= 11 is 0. The van der Waals surface area contributed by atoms with E-state index in [9.17, 15) is 9.59 Å². The number of rotatable bonds is 3. The molecule has 0 saturated heterocycles. The summed E-state index contributed by atoms with van der Waals surface area (Å²) in [7, 11) is 0. The van der Waals surface area contributed by atoms with Gasteiger partial charge in [0.25, 0.3) is 0 Å². The number of hydrogen-bond acceptors (Lipinski definition) is 3. The maximum absolute atomic E-state index is 10.9. The Morgan fingerprint density at radius 1 is 1.69 bits per heavy atom. The molecule has 0 aromatic rings. The van der Waals surface area contributed by atoms with Crippen LogP contribution in [0.5, 0.6) is 0 Å². The third-order valence-corrected chi connectivity index (χ3v) is 1.81. The lowest BCUT2D eigenvalue weighted by Gasteiger charge is -2.10. The van der Waals surface area contributed by atoms with Crippen LogP contribution in [0, 0.1) is 0 Å². The Morgan fingerprint density at radius 3 is 2.92 bits per heavy atom. The zero-order valence-electron chi connectivity index (χ0n) is 7.06. The molecule has 0 saturated carbocycles. The molecule has 4 heteroatoms. The SMILES string of the molecule is NC(CC1=CC=CC(=O)C1)C(=O)O. The Hall–Kier alpha value is -1.42. The average Bonchev–Trinajstić information content (AvgIpc) is 2.04. The Kier molecular flexibility index (Phi) is 2.97. The minimum Gasteiger partial charge on any atom is -0.480 e. The van der Waals surface area contributed by atoms with Crippen LogP contribution in [-0.2, 0) is 9.59 Å². The molecule has 0 amide bonds. The van der Waals surface area contributed by atoms with E-state index in [0.717, 1.165) is 5.57 Å². The second-order valence-electron chi connectivity index (χ2n) is 2.98. The minimum atomic E-state index is -1.04. The molecule has 1 unspecified atom stereocenters. The number of carbonyl (C=O) groups is 2. The van der Waals surface area contributed by atoms with Gasteiger partial charge in [0.05, 0.1) is 0 Å². The van der Waals surface area contributed by atoms with Gasteiger partial charge in [-0.3, -0.25) is 9.59 Å². The highest BCUT2D eigenvalue weighted by atomic mass is 16.4. The number of aliphatic carboxylic acids is 1. The van der Waals surface area contributed by atoms with Crippen LogP contribution < -0.4 is 5.73 Å². The van der Waals surface area contributed by atoms with Gasteiger partial charge in [-0.05, 0) is 12.5 Å². The summed E-state index contributed by atoms with van der Waals surface area (Å²) in [6, 6.07) is -0.912. The van der Waals surface area contributed by atoms with Crippen LogP contribution in [0.3, 0.4) is 0 Å². The monoisotopic (exact) mass is 181 g/mol. The van der Waals surface area contributed by atoms with E-state index in [1.807, 2.05) is 0 Å². The second kappa shape index (κ2) is 4.00. The summed E-state index contributed by atoms with van der Waals surface area (Å²) in [5.74, 6) is -1.04. The zero-order valence-corrected chi connectivity index (χ0v) is 7.06. The molecule has 0 spiro atoms. The molecule has 0 aromatic heterocycles. The van der Waals surface area contributed by atoms with Crippen molar-refractivity contribution in [3.63, 3.8) is 0 Å². The van der Waals surface area contributed by atoms with Crippen molar-refractivity contribution >= 4 is 11.8 Å². The molecule has 1 aliphatic carbocycles. The van der Waals surface area contributed by atoms with Crippen molar-refractivity contribution in [1.29, 1.82) is 0 Å². The Bertz CT molecular complexity index is 291. The fourth-order valence-corrected chi connectivity index (χ4v) is 1.14. The standard InChI is InChI=1S/C9H11NO3/c10-8(9(12)13)5-6-2-1-3-7(11)4-6/h1-3,8H,4-5,10H2,(H,12,13). The number of nitrogens with two attached hydrogens (primary N) is 1.